The van der Waals surface area contributed by atoms with Crippen LogP contribution in [0.4, 0.5) is 16.3 Å². The van der Waals surface area contributed by atoms with Crippen LogP contribution in [0.2, 0.25) is 0 Å². The van der Waals surface area contributed by atoms with Gasteiger partial charge < -0.3 is 20.3 Å². The summed E-state index contributed by atoms with van der Waals surface area (Å²) >= 11 is 3.39. The first-order valence-electron chi connectivity index (χ1n) is 8.56. The summed E-state index contributed by atoms with van der Waals surface area (Å²) in [6.45, 7) is 0.379. The van der Waals surface area contributed by atoms with Gasteiger partial charge in [0.2, 0.25) is 5.88 Å². The Morgan fingerprint density at radius 1 is 1.11 bits per heavy atom. The van der Waals surface area contributed by atoms with Gasteiger partial charge >= 0.3 is 6.03 Å². The highest BCUT2D eigenvalue weighted by Crippen LogP contribution is 2.23. The van der Waals surface area contributed by atoms with E-state index in [0.29, 0.717) is 23.9 Å². The lowest BCUT2D eigenvalue weighted by molar-refractivity contribution is 0.251. The predicted octanol–water partition coefficient (Wildman–Crippen LogP) is 4.42. The average molecular weight is 442 g/mol. The van der Waals surface area contributed by atoms with E-state index in [-0.39, 0.29) is 6.03 Å². The molecule has 1 aromatic carbocycles. The zero-order valence-electron chi connectivity index (χ0n) is 15.5. The number of urea groups is 1. The molecule has 0 aliphatic rings. The maximum Gasteiger partial charge on any atom is 0.319 e. The van der Waals surface area contributed by atoms with Crippen LogP contribution in [-0.2, 0) is 6.54 Å². The number of halogens is 1. The Hall–Kier alpha value is -3.13. The van der Waals surface area contributed by atoms with Crippen molar-refractivity contribution in [3.8, 4) is 11.6 Å². The number of ether oxygens (including phenoxy) is 1. The summed E-state index contributed by atoms with van der Waals surface area (Å²) in [5.41, 5.74) is 1.48. The van der Waals surface area contributed by atoms with Crippen molar-refractivity contribution in [1.82, 2.24) is 15.3 Å². The van der Waals surface area contributed by atoms with Gasteiger partial charge in [-0.2, -0.15) is 0 Å². The number of amides is 2. The number of anilines is 2. The van der Waals surface area contributed by atoms with Gasteiger partial charge in [0.1, 0.15) is 11.6 Å². The molecule has 3 rings (SSSR count). The van der Waals surface area contributed by atoms with Crippen molar-refractivity contribution in [3.63, 3.8) is 0 Å². The molecular weight excluding hydrogens is 422 g/mol. The van der Waals surface area contributed by atoms with Gasteiger partial charge in [0, 0.05) is 37.4 Å². The van der Waals surface area contributed by atoms with E-state index < -0.39 is 0 Å². The van der Waals surface area contributed by atoms with Gasteiger partial charge in [-0.25, -0.2) is 14.8 Å². The molecule has 0 spiro atoms. The van der Waals surface area contributed by atoms with E-state index in [4.69, 9.17) is 4.74 Å². The minimum atomic E-state index is -0.320. The molecule has 144 valence electrons. The number of hydrogen-bond acceptors (Lipinski definition) is 5. The molecule has 2 heterocycles. The number of rotatable bonds is 6. The number of carbonyl (C=O) groups is 1. The summed E-state index contributed by atoms with van der Waals surface area (Å²) in [7, 11) is 3.85. The third-order valence-corrected chi connectivity index (χ3v) is 4.23. The number of benzene rings is 1. The quantitative estimate of drug-likeness (QED) is 0.591. The van der Waals surface area contributed by atoms with Crippen LogP contribution in [0, 0.1) is 0 Å². The number of carbonyl (C=O) groups excluding carboxylic acids is 1. The van der Waals surface area contributed by atoms with Crippen molar-refractivity contribution < 1.29 is 9.53 Å². The second-order valence-corrected chi connectivity index (χ2v) is 7.09. The van der Waals surface area contributed by atoms with Gasteiger partial charge in [-0.3, -0.25) is 0 Å². The second-order valence-electron chi connectivity index (χ2n) is 6.17. The molecule has 0 radical (unpaired) electrons. The molecule has 0 atom stereocenters. The summed E-state index contributed by atoms with van der Waals surface area (Å²) in [6, 6.07) is 14.4. The van der Waals surface area contributed by atoms with Gasteiger partial charge in [0.15, 0.2) is 0 Å². The molecule has 2 amide bonds. The number of nitrogens with one attached hydrogen (secondary N) is 2. The second kappa shape index (κ2) is 9.18. The molecule has 0 aliphatic heterocycles. The fraction of sp³-hybridized carbons (Fsp3) is 0.150. The van der Waals surface area contributed by atoms with E-state index in [2.05, 4.69) is 36.5 Å². The monoisotopic (exact) mass is 441 g/mol. The maximum atomic E-state index is 12.1. The Bertz CT molecular complexity index is 930. The van der Waals surface area contributed by atoms with Gasteiger partial charge in [-0.05, 0) is 35.9 Å². The lowest BCUT2D eigenvalue weighted by atomic mass is 10.3. The Balaban J connectivity index is 1.50. The molecule has 0 bridgehead atoms. The smallest absolute Gasteiger partial charge is 0.319 e. The standard InChI is InChI=1S/C20H20BrN5O2/c1-26(2)18-8-6-14(11-22-18)12-24-20(27)25-16-7-9-19(23-13-16)28-17-5-3-4-15(21)10-17/h3-11,13H,12H2,1-2H3,(H2,24,25,27). The molecule has 0 fully saturated rings. The van der Waals surface area contributed by atoms with Crippen molar-refractivity contribution in [2.45, 2.75) is 6.54 Å². The van der Waals surface area contributed by atoms with E-state index in [0.717, 1.165) is 15.9 Å². The van der Waals surface area contributed by atoms with Crippen LogP contribution < -0.4 is 20.3 Å². The first-order chi connectivity index (χ1) is 13.5. The van der Waals surface area contributed by atoms with Gasteiger partial charge in [-0.15, -0.1) is 0 Å². The highest BCUT2D eigenvalue weighted by molar-refractivity contribution is 9.10. The van der Waals surface area contributed by atoms with Gasteiger partial charge in [0.05, 0.1) is 11.9 Å². The van der Waals surface area contributed by atoms with Gasteiger partial charge in [0.25, 0.3) is 0 Å². The molecule has 2 aromatic heterocycles. The predicted molar refractivity (Wildman–Crippen MR) is 113 cm³/mol. The fourth-order valence-corrected chi connectivity index (χ4v) is 2.69. The average Bonchev–Trinajstić information content (AvgIpc) is 2.68. The van der Waals surface area contributed by atoms with Crippen molar-refractivity contribution >= 4 is 33.5 Å². The molecule has 0 saturated carbocycles. The van der Waals surface area contributed by atoms with Crippen LogP contribution in [0.1, 0.15) is 5.56 Å². The lowest BCUT2D eigenvalue weighted by Crippen LogP contribution is -2.28. The third kappa shape index (κ3) is 5.68. The molecule has 2 N–H and O–H groups in total. The molecule has 8 heteroatoms. The summed E-state index contributed by atoms with van der Waals surface area (Å²) in [5.74, 6) is 1.98. The van der Waals surface area contributed by atoms with Crippen molar-refractivity contribution in [3.05, 3.63) is 71.0 Å². The van der Waals surface area contributed by atoms with E-state index >= 15 is 0 Å². The Labute approximate surface area is 171 Å². The van der Waals surface area contributed by atoms with Gasteiger partial charge in [-0.1, -0.05) is 28.1 Å². The third-order valence-electron chi connectivity index (χ3n) is 3.73. The number of aromatic nitrogens is 2. The van der Waals surface area contributed by atoms with Crippen LogP contribution in [0.25, 0.3) is 0 Å². The normalized spacial score (nSPS) is 10.2. The minimum Gasteiger partial charge on any atom is -0.439 e. The van der Waals surface area contributed by atoms with Crippen LogP contribution in [-0.4, -0.2) is 30.1 Å². The molecule has 3 aromatic rings. The molecular formula is C20H20BrN5O2. The number of pyridine rings is 2. The van der Waals surface area contributed by atoms with Crippen molar-refractivity contribution in [1.29, 1.82) is 0 Å². The Morgan fingerprint density at radius 2 is 1.96 bits per heavy atom. The molecule has 0 saturated heterocycles. The van der Waals surface area contributed by atoms with E-state index in [1.807, 2.05) is 55.4 Å². The van der Waals surface area contributed by atoms with Crippen LogP contribution in [0.5, 0.6) is 11.6 Å². The summed E-state index contributed by atoms with van der Waals surface area (Å²) in [6.07, 6.45) is 3.28. The van der Waals surface area contributed by atoms with E-state index in [9.17, 15) is 4.79 Å². The highest BCUT2D eigenvalue weighted by atomic mass is 79.9. The first-order valence-corrected chi connectivity index (χ1v) is 9.35. The Morgan fingerprint density at radius 3 is 2.61 bits per heavy atom. The largest absolute Gasteiger partial charge is 0.439 e. The fourth-order valence-electron chi connectivity index (χ4n) is 2.31. The highest BCUT2D eigenvalue weighted by Gasteiger charge is 2.05. The van der Waals surface area contributed by atoms with Crippen LogP contribution >= 0.6 is 15.9 Å². The molecule has 28 heavy (non-hydrogen) atoms. The van der Waals surface area contributed by atoms with Crippen LogP contribution in [0.3, 0.4) is 0 Å². The topological polar surface area (TPSA) is 79.4 Å². The lowest BCUT2D eigenvalue weighted by Gasteiger charge is -2.12. The zero-order valence-corrected chi connectivity index (χ0v) is 17.1. The molecule has 0 aliphatic carbocycles. The maximum absolute atomic E-state index is 12.1. The van der Waals surface area contributed by atoms with Crippen molar-refractivity contribution in [2.24, 2.45) is 0 Å². The summed E-state index contributed by atoms with van der Waals surface area (Å²) < 4.78 is 6.59. The minimum absolute atomic E-state index is 0.320. The molecule has 7 nitrogen and oxygen atoms in total. The number of hydrogen-bond donors (Lipinski definition) is 2. The zero-order chi connectivity index (χ0) is 19.9. The summed E-state index contributed by atoms with van der Waals surface area (Å²) in [4.78, 5) is 22.5. The summed E-state index contributed by atoms with van der Waals surface area (Å²) in [5, 5.41) is 5.53. The molecule has 0 unspecified atom stereocenters. The van der Waals surface area contributed by atoms with Crippen LogP contribution in [0.15, 0.2) is 65.4 Å². The SMILES string of the molecule is CN(C)c1ccc(CNC(=O)Nc2ccc(Oc3cccc(Br)c3)nc2)cn1. The number of nitrogens with zero attached hydrogens (tertiary/aromatic N) is 3. The first kappa shape index (κ1) is 19.6. The van der Waals surface area contributed by atoms with E-state index in [1.165, 1.54) is 0 Å². The van der Waals surface area contributed by atoms with E-state index in [1.54, 1.807) is 24.5 Å². The van der Waals surface area contributed by atoms with Crippen molar-refractivity contribution in [2.75, 3.05) is 24.3 Å². The Kier molecular flexibility index (Phi) is 6.44.